The third-order valence-corrected chi connectivity index (χ3v) is 6.57. The molecule has 0 unspecified atom stereocenters. The summed E-state index contributed by atoms with van der Waals surface area (Å²) in [5.41, 5.74) is 7.41. The fourth-order valence-corrected chi connectivity index (χ4v) is 4.81. The molecule has 2 saturated heterocycles. The second-order valence-electron chi connectivity index (χ2n) is 7.93. The van der Waals surface area contributed by atoms with Crippen LogP contribution in [0.3, 0.4) is 0 Å². The number of nitriles is 1. The predicted molar refractivity (Wildman–Crippen MR) is 117 cm³/mol. The molecule has 0 radical (unpaired) electrons. The number of nitrogens with zero attached hydrogens (tertiary/aromatic N) is 7. The second kappa shape index (κ2) is 8.04. The number of rotatable bonds is 5. The van der Waals surface area contributed by atoms with E-state index < -0.39 is 0 Å². The minimum absolute atomic E-state index is 0.118. The number of anilines is 3. The summed E-state index contributed by atoms with van der Waals surface area (Å²) in [5.74, 6) is 1.56. The minimum Gasteiger partial charge on any atom is -0.370 e. The largest absolute Gasteiger partial charge is 0.370 e. The number of guanidine groups is 1. The molecule has 0 saturated carbocycles. The molecular weight excluding hydrogens is 400 g/mol. The molecule has 0 spiro atoms. The molecule has 0 atom stereocenters. The standard InChI is InChI=1S/C19H26N10S/c1-13-10-23-18(24-15-9-14(2)26-30-15)25-16(13)28-11-19(12-28,3-4-20)29-7-5-27(6-8-29)17(21)22/h9-10H,3,5-8,11-12H2,1-2H3,(H3,21,22)(H,23,24,25). The minimum atomic E-state index is -0.183. The number of aromatic nitrogens is 3. The molecule has 4 rings (SSSR count). The summed E-state index contributed by atoms with van der Waals surface area (Å²) in [6, 6.07) is 4.34. The molecule has 0 bridgehead atoms. The number of nitrogens with two attached hydrogens (primary N) is 1. The molecule has 10 nitrogen and oxygen atoms in total. The Kier molecular flexibility index (Phi) is 5.44. The Balaban J connectivity index is 1.46. The average molecular weight is 427 g/mol. The van der Waals surface area contributed by atoms with Crippen LogP contribution in [0.15, 0.2) is 12.3 Å². The van der Waals surface area contributed by atoms with Gasteiger partial charge in [-0.2, -0.15) is 14.6 Å². The molecule has 4 N–H and O–H groups in total. The van der Waals surface area contributed by atoms with Crippen molar-refractivity contribution in [2.45, 2.75) is 25.8 Å². The van der Waals surface area contributed by atoms with Crippen molar-refractivity contribution in [2.24, 2.45) is 5.73 Å². The molecule has 0 aromatic carbocycles. The number of nitrogens with one attached hydrogen (secondary N) is 2. The van der Waals surface area contributed by atoms with Crippen LogP contribution >= 0.6 is 11.5 Å². The summed E-state index contributed by atoms with van der Waals surface area (Å²) < 4.78 is 4.28. The van der Waals surface area contributed by atoms with E-state index >= 15 is 0 Å². The molecule has 30 heavy (non-hydrogen) atoms. The van der Waals surface area contributed by atoms with Crippen LogP contribution in [-0.2, 0) is 0 Å². The van der Waals surface area contributed by atoms with Gasteiger partial charge in [-0.15, -0.1) is 0 Å². The van der Waals surface area contributed by atoms with Crippen LogP contribution in [0.5, 0.6) is 0 Å². The molecule has 158 valence electrons. The van der Waals surface area contributed by atoms with E-state index in [4.69, 9.17) is 16.1 Å². The highest BCUT2D eigenvalue weighted by Crippen LogP contribution is 2.36. The maximum Gasteiger partial charge on any atom is 0.229 e. The van der Waals surface area contributed by atoms with E-state index in [0.717, 1.165) is 61.3 Å². The lowest BCUT2D eigenvalue weighted by Gasteiger charge is -2.57. The highest BCUT2D eigenvalue weighted by atomic mass is 32.1. The van der Waals surface area contributed by atoms with Crippen molar-refractivity contribution >= 4 is 34.3 Å². The van der Waals surface area contributed by atoms with Crippen LogP contribution in [0.2, 0.25) is 0 Å². The van der Waals surface area contributed by atoms with Gasteiger partial charge in [0.05, 0.1) is 23.7 Å². The first-order valence-electron chi connectivity index (χ1n) is 9.90. The van der Waals surface area contributed by atoms with Gasteiger partial charge >= 0.3 is 0 Å². The molecule has 2 aromatic rings. The Morgan fingerprint density at radius 2 is 2.07 bits per heavy atom. The number of piperazine rings is 1. The Hall–Kier alpha value is -2.97. The maximum atomic E-state index is 9.46. The van der Waals surface area contributed by atoms with Crippen LogP contribution in [0, 0.1) is 30.6 Å². The van der Waals surface area contributed by atoms with Gasteiger partial charge in [0.1, 0.15) is 10.8 Å². The van der Waals surface area contributed by atoms with Crippen molar-refractivity contribution < 1.29 is 0 Å². The van der Waals surface area contributed by atoms with Crippen molar-refractivity contribution in [3.8, 4) is 6.07 Å². The highest BCUT2D eigenvalue weighted by molar-refractivity contribution is 7.10. The van der Waals surface area contributed by atoms with E-state index in [1.807, 2.05) is 31.0 Å². The van der Waals surface area contributed by atoms with Crippen LogP contribution in [-0.4, -0.2) is 74.9 Å². The highest BCUT2D eigenvalue weighted by Gasteiger charge is 2.49. The lowest BCUT2D eigenvalue weighted by atomic mass is 9.84. The first-order chi connectivity index (χ1) is 14.4. The first kappa shape index (κ1) is 20.3. The molecule has 11 heteroatoms. The Bertz CT molecular complexity index is 966. The third-order valence-electron chi connectivity index (χ3n) is 5.78. The Morgan fingerprint density at radius 1 is 1.33 bits per heavy atom. The molecule has 2 aliphatic heterocycles. The third kappa shape index (κ3) is 3.88. The summed E-state index contributed by atoms with van der Waals surface area (Å²) >= 11 is 1.38. The van der Waals surface area contributed by atoms with Gasteiger partial charge in [-0.1, -0.05) is 0 Å². The normalized spacial score (nSPS) is 18.6. The van der Waals surface area contributed by atoms with Crippen LogP contribution in [0.25, 0.3) is 0 Å². The molecule has 4 heterocycles. The van der Waals surface area contributed by atoms with Crippen molar-refractivity contribution in [1.29, 1.82) is 10.7 Å². The molecule has 0 amide bonds. The van der Waals surface area contributed by atoms with E-state index in [2.05, 4.69) is 30.5 Å². The maximum absolute atomic E-state index is 9.46. The van der Waals surface area contributed by atoms with Gasteiger partial charge in [-0.25, -0.2) is 4.98 Å². The lowest BCUT2D eigenvalue weighted by molar-refractivity contribution is 0.0305. The smallest absolute Gasteiger partial charge is 0.229 e. The second-order valence-corrected chi connectivity index (χ2v) is 8.74. The summed E-state index contributed by atoms with van der Waals surface area (Å²) in [6.45, 7) is 8.49. The van der Waals surface area contributed by atoms with E-state index in [0.29, 0.717) is 12.4 Å². The summed E-state index contributed by atoms with van der Waals surface area (Å²) in [7, 11) is 0. The summed E-state index contributed by atoms with van der Waals surface area (Å²) in [5, 5.41) is 21.2. The fraction of sp³-hybridized carbons (Fsp3) is 0.526. The Labute approximate surface area is 180 Å². The zero-order valence-electron chi connectivity index (χ0n) is 17.2. The SMILES string of the molecule is Cc1cc(Nc2ncc(C)c(N3CC(CC#N)(N4CCN(C(=N)N)CC4)C3)n2)sn1. The van der Waals surface area contributed by atoms with E-state index in [1.54, 1.807) is 0 Å². The van der Waals surface area contributed by atoms with E-state index in [-0.39, 0.29) is 11.5 Å². The zero-order valence-corrected chi connectivity index (χ0v) is 18.0. The topological polar surface area (TPSA) is 134 Å². The van der Waals surface area contributed by atoms with Gasteiger partial charge in [0.15, 0.2) is 5.96 Å². The Morgan fingerprint density at radius 3 is 2.67 bits per heavy atom. The van der Waals surface area contributed by atoms with Crippen molar-refractivity contribution in [3.63, 3.8) is 0 Å². The fourth-order valence-electron chi connectivity index (χ4n) is 4.15. The quantitative estimate of drug-likeness (QED) is 0.477. The zero-order chi connectivity index (χ0) is 21.3. The van der Waals surface area contributed by atoms with E-state index in [1.165, 1.54) is 11.5 Å². The first-order valence-corrected chi connectivity index (χ1v) is 10.7. The summed E-state index contributed by atoms with van der Waals surface area (Å²) in [6.07, 6.45) is 2.30. The van der Waals surface area contributed by atoms with E-state index in [9.17, 15) is 5.26 Å². The van der Waals surface area contributed by atoms with Gasteiger partial charge in [0, 0.05) is 51.0 Å². The van der Waals surface area contributed by atoms with Crippen LogP contribution in [0.1, 0.15) is 17.7 Å². The van der Waals surface area contributed by atoms with Gasteiger partial charge in [-0.05, 0) is 31.4 Å². The lowest BCUT2D eigenvalue weighted by Crippen LogP contribution is -2.73. The van der Waals surface area contributed by atoms with Gasteiger partial charge in [0.2, 0.25) is 5.95 Å². The number of aryl methyl sites for hydroxylation is 2. The molecular formula is C19H26N10S. The van der Waals surface area contributed by atoms with Crippen molar-refractivity contribution in [3.05, 3.63) is 23.5 Å². The average Bonchev–Trinajstić information content (AvgIpc) is 3.11. The van der Waals surface area contributed by atoms with Crippen LogP contribution in [0.4, 0.5) is 16.8 Å². The van der Waals surface area contributed by atoms with Gasteiger partial charge in [0.25, 0.3) is 0 Å². The molecule has 2 aromatic heterocycles. The van der Waals surface area contributed by atoms with Gasteiger partial charge in [-0.3, -0.25) is 10.3 Å². The van der Waals surface area contributed by atoms with Gasteiger partial charge < -0.3 is 20.9 Å². The number of hydrogen-bond donors (Lipinski definition) is 3. The van der Waals surface area contributed by atoms with Crippen molar-refractivity contribution in [1.82, 2.24) is 24.1 Å². The van der Waals surface area contributed by atoms with Crippen LogP contribution < -0.4 is 16.0 Å². The molecule has 2 aliphatic rings. The molecule has 0 aliphatic carbocycles. The monoisotopic (exact) mass is 426 g/mol. The summed E-state index contributed by atoms with van der Waals surface area (Å²) in [4.78, 5) is 15.6. The number of hydrogen-bond acceptors (Lipinski definition) is 9. The predicted octanol–water partition coefficient (Wildman–Crippen LogP) is 1.28. The molecule has 2 fully saturated rings. The van der Waals surface area contributed by atoms with Crippen molar-refractivity contribution in [2.75, 3.05) is 49.5 Å².